The van der Waals surface area contributed by atoms with E-state index in [1.807, 2.05) is 13.8 Å². The predicted molar refractivity (Wildman–Crippen MR) is 115 cm³/mol. The molecule has 0 saturated heterocycles. The molecule has 0 aromatic carbocycles. The van der Waals surface area contributed by atoms with Crippen LogP contribution in [0.4, 0.5) is 9.18 Å². The first-order chi connectivity index (χ1) is 14.0. The summed E-state index contributed by atoms with van der Waals surface area (Å²) in [7, 11) is 1.63. The molecule has 3 aromatic heterocycles. The molecule has 3 rings (SSSR count). The Morgan fingerprint density at radius 2 is 2.00 bits per heavy atom. The zero-order valence-corrected chi connectivity index (χ0v) is 18.6. The van der Waals surface area contributed by atoms with Gasteiger partial charge in [-0.25, -0.2) is 14.8 Å². The molecule has 0 saturated carbocycles. The number of carbonyl (C=O) groups is 1. The summed E-state index contributed by atoms with van der Waals surface area (Å²) in [6, 6.07) is 4.25. The molecule has 0 unspecified atom stereocenters. The maximum absolute atomic E-state index is 13.5. The standard InChI is InChI=1S/C21H25FN4O3S/c1-11(2)16(26(6)20(28)29-21(3,4)5)18-24-13-10-14(30-17(13)19(27)25-18)12-7-8-23-15(22)9-12/h7-11,16H,1-6H3,(H,24,25,27)/t16-/m0/s1. The van der Waals surface area contributed by atoms with E-state index in [2.05, 4.69) is 15.0 Å². The zero-order chi connectivity index (χ0) is 22.2. The van der Waals surface area contributed by atoms with Gasteiger partial charge < -0.3 is 14.6 Å². The van der Waals surface area contributed by atoms with Crippen LogP contribution in [-0.4, -0.2) is 38.6 Å². The average Bonchev–Trinajstić information content (AvgIpc) is 3.05. The Bertz CT molecular complexity index is 1130. The minimum atomic E-state index is -0.639. The number of hydrogen-bond acceptors (Lipinski definition) is 6. The predicted octanol–water partition coefficient (Wildman–Crippen LogP) is 4.75. The lowest BCUT2D eigenvalue weighted by Gasteiger charge is -2.32. The maximum Gasteiger partial charge on any atom is 0.410 e. The van der Waals surface area contributed by atoms with Crippen molar-refractivity contribution in [3.63, 3.8) is 0 Å². The van der Waals surface area contributed by atoms with Crippen LogP contribution < -0.4 is 5.56 Å². The molecule has 3 heterocycles. The van der Waals surface area contributed by atoms with Crippen molar-refractivity contribution in [1.29, 1.82) is 0 Å². The Labute approximate surface area is 177 Å². The summed E-state index contributed by atoms with van der Waals surface area (Å²) < 4.78 is 19.4. The van der Waals surface area contributed by atoms with Gasteiger partial charge in [-0.3, -0.25) is 4.79 Å². The number of carbonyl (C=O) groups excluding carboxylic acids is 1. The number of H-pyrrole nitrogens is 1. The van der Waals surface area contributed by atoms with Crippen molar-refractivity contribution in [2.45, 2.75) is 46.3 Å². The summed E-state index contributed by atoms with van der Waals surface area (Å²) in [5, 5.41) is 0. The molecule has 7 nitrogen and oxygen atoms in total. The molecule has 0 aliphatic rings. The van der Waals surface area contributed by atoms with Gasteiger partial charge in [0.1, 0.15) is 16.1 Å². The topological polar surface area (TPSA) is 88.2 Å². The van der Waals surface area contributed by atoms with Crippen LogP contribution in [0.15, 0.2) is 29.2 Å². The lowest BCUT2D eigenvalue weighted by Crippen LogP contribution is -2.39. The van der Waals surface area contributed by atoms with E-state index in [4.69, 9.17) is 4.74 Å². The Morgan fingerprint density at radius 1 is 1.30 bits per heavy atom. The number of halogens is 1. The van der Waals surface area contributed by atoms with Gasteiger partial charge in [0.05, 0.1) is 11.6 Å². The number of ether oxygens (including phenoxy) is 1. The van der Waals surface area contributed by atoms with E-state index in [-0.39, 0.29) is 11.5 Å². The summed E-state index contributed by atoms with van der Waals surface area (Å²) in [6.45, 7) is 9.27. The van der Waals surface area contributed by atoms with E-state index >= 15 is 0 Å². The molecule has 3 aromatic rings. The van der Waals surface area contributed by atoms with E-state index in [1.54, 1.807) is 40.0 Å². The lowest BCUT2D eigenvalue weighted by molar-refractivity contribution is 0.0166. The van der Waals surface area contributed by atoms with Gasteiger partial charge in [0.15, 0.2) is 0 Å². The fourth-order valence-corrected chi connectivity index (χ4v) is 4.18. The average molecular weight is 433 g/mol. The highest BCUT2D eigenvalue weighted by Crippen LogP contribution is 2.32. The van der Waals surface area contributed by atoms with E-state index in [0.717, 1.165) is 0 Å². The van der Waals surface area contributed by atoms with Crippen molar-refractivity contribution >= 4 is 27.6 Å². The molecule has 0 spiro atoms. The highest BCUT2D eigenvalue weighted by molar-refractivity contribution is 7.22. The summed E-state index contributed by atoms with van der Waals surface area (Å²) >= 11 is 1.23. The van der Waals surface area contributed by atoms with E-state index in [1.165, 1.54) is 28.5 Å². The Kier molecular flexibility index (Phi) is 5.94. The summed E-state index contributed by atoms with van der Waals surface area (Å²) in [5.74, 6) is -0.247. The van der Waals surface area contributed by atoms with Crippen LogP contribution in [0.25, 0.3) is 20.7 Å². The first-order valence-electron chi connectivity index (χ1n) is 9.58. The van der Waals surface area contributed by atoms with Crippen LogP contribution in [-0.2, 0) is 4.74 Å². The van der Waals surface area contributed by atoms with Crippen molar-refractivity contribution in [2.24, 2.45) is 5.92 Å². The van der Waals surface area contributed by atoms with Gasteiger partial charge >= 0.3 is 6.09 Å². The van der Waals surface area contributed by atoms with Gasteiger partial charge in [-0.15, -0.1) is 11.3 Å². The fraction of sp³-hybridized carbons (Fsp3) is 0.429. The maximum atomic E-state index is 13.5. The Hall–Kier alpha value is -2.81. The SMILES string of the molecule is CC(C)[C@@H](c1nc2cc(-c3ccnc(F)c3)sc2c(=O)[nH]1)N(C)C(=O)OC(C)(C)C. The molecule has 9 heteroatoms. The number of thiophene rings is 1. The number of hydrogen-bond donors (Lipinski definition) is 1. The van der Waals surface area contributed by atoms with Crippen molar-refractivity contribution in [1.82, 2.24) is 19.9 Å². The number of aromatic amines is 1. The van der Waals surface area contributed by atoms with Gasteiger partial charge in [-0.2, -0.15) is 4.39 Å². The quantitative estimate of drug-likeness (QED) is 0.601. The molecule has 0 radical (unpaired) electrons. The molecule has 1 atom stereocenters. The second-order valence-electron chi connectivity index (χ2n) is 8.42. The van der Waals surface area contributed by atoms with Crippen LogP contribution in [0.1, 0.15) is 46.5 Å². The zero-order valence-electron chi connectivity index (χ0n) is 17.8. The van der Waals surface area contributed by atoms with Gasteiger partial charge in [0.25, 0.3) is 5.56 Å². The van der Waals surface area contributed by atoms with Crippen LogP contribution in [0, 0.1) is 11.9 Å². The molecular weight excluding hydrogens is 407 g/mol. The molecule has 0 fully saturated rings. The van der Waals surface area contributed by atoms with Crippen LogP contribution in [0.3, 0.4) is 0 Å². The van der Waals surface area contributed by atoms with Gasteiger partial charge in [-0.05, 0) is 44.4 Å². The third kappa shape index (κ3) is 4.67. The third-order valence-electron chi connectivity index (χ3n) is 4.42. The molecule has 160 valence electrons. The second kappa shape index (κ2) is 8.14. The minimum Gasteiger partial charge on any atom is -0.444 e. The number of pyridine rings is 1. The number of nitrogens with one attached hydrogen (secondary N) is 1. The summed E-state index contributed by atoms with van der Waals surface area (Å²) in [5.41, 5.74) is 0.177. The van der Waals surface area contributed by atoms with E-state index < -0.39 is 23.7 Å². The minimum absolute atomic E-state index is 0.0319. The molecule has 30 heavy (non-hydrogen) atoms. The third-order valence-corrected chi connectivity index (χ3v) is 5.59. The van der Waals surface area contributed by atoms with Crippen molar-refractivity contribution in [3.8, 4) is 10.4 Å². The Balaban J connectivity index is 2.03. The van der Waals surface area contributed by atoms with Crippen molar-refractivity contribution < 1.29 is 13.9 Å². The number of amides is 1. The largest absolute Gasteiger partial charge is 0.444 e. The van der Waals surface area contributed by atoms with Crippen LogP contribution in [0.5, 0.6) is 0 Å². The number of fused-ring (bicyclic) bond motifs is 1. The molecule has 0 aliphatic carbocycles. The molecule has 1 N–H and O–H groups in total. The smallest absolute Gasteiger partial charge is 0.410 e. The molecule has 1 amide bonds. The Morgan fingerprint density at radius 3 is 2.60 bits per heavy atom. The molecule has 0 aliphatic heterocycles. The van der Waals surface area contributed by atoms with Gasteiger partial charge in [0, 0.05) is 24.2 Å². The van der Waals surface area contributed by atoms with Crippen LogP contribution >= 0.6 is 11.3 Å². The highest BCUT2D eigenvalue weighted by atomic mass is 32.1. The summed E-state index contributed by atoms with van der Waals surface area (Å²) in [4.78, 5) is 38.5. The van der Waals surface area contributed by atoms with Gasteiger partial charge in [-0.1, -0.05) is 13.8 Å². The molecular formula is C21H25FN4O3S. The fourth-order valence-electron chi connectivity index (χ4n) is 3.19. The molecule has 0 bridgehead atoms. The summed E-state index contributed by atoms with van der Waals surface area (Å²) in [6.07, 6.45) is 0.880. The first kappa shape index (κ1) is 21.9. The lowest BCUT2D eigenvalue weighted by atomic mass is 10.0. The monoisotopic (exact) mass is 432 g/mol. The number of aromatic nitrogens is 3. The number of nitrogens with zero attached hydrogens (tertiary/aromatic N) is 3. The van der Waals surface area contributed by atoms with Crippen molar-refractivity contribution in [2.75, 3.05) is 7.05 Å². The van der Waals surface area contributed by atoms with Crippen molar-refractivity contribution in [3.05, 3.63) is 46.5 Å². The second-order valence-corrected chi connectivity index (χ2v) is 9.48. The van der Waals surface area contributed by atoms with Gasteiger partial charge in [0.2, 0.25) is 5.95 Å². The van der Waals surface area contributed by atoms with Crippen LogP contribution in [0.2, 0.25) is 0 Å². The normalized spacial score (nSPS) is 12.9. The number of rotatable bonds is 4. The highest BCUT2D eigenvalue weighted by Gasteiger charge is 2.30. The van der Waals surface area contributed by atoms with E-state index in [0.29, 0.717) is 26.5 Å². The first-order valence-corrected chi connectivity index (χ1v) is 10.4. The van der Waals surface area contributed by atoms with E-state index in [9.17, 15) is 14.0 Å².